The second-order valence-electron chi connectivity index (χ2n) is 5.05. The third-order valence-corrected chi connectivity index (χ3v) is 3.67. The second-order valence-corrected chi connectivity index (χ2v) is 5.05. The zero-order chi connectivity index (χ0) is 12.9. The Bertz CT molecular complexity index is 250. The first kappa shape index (κ1) is 14.4. The number of methoxy groups -OCH3 is 1. The predicted octanol–water partition coefficient (Wildman–Crippen LogP) is -0.254. The molecule has 0 saturated carbocycles. The van der Waals surface area contributed by atoms with E-state index in [1.165, 1.54) is 0 Å². The summed E-state index contributed by atoms with van der Waals surface area (Å²) in [6.45, 7) is 5.96. The molecule has 0 aliphatic carbocycles. The summed E-state index contributed by atoms with van der Waals surface area (Å²) in [5.74, 6) is 0.299. The van der Waals surface area contributed by atoms with Crippen LogP contribution in [0, 0.1) is 11.3 Å². The highest BCUT2D eigenvalue weighted by Gasteiger charge is 2.44. The van der Waals surface area contributed by atoms with Gasteiger partial charge in [-0.2, -0.15) is 0 Å². The van der Waals surface area contributed by atoms with E-state index in [0.29, 0.717) is 13.2 Å². The molecule has 5 nitrogen and oxygen atoms in total. The molecule has 0 aromatic heterocycles. The molecule has 5 heteroatoms. The maximum Gasteiger partial charge on any atom is 0.228 e. The van der Waals surface area contributed by atoms with E-state index in [2.05, 4.69) is 24.5 Å². The second kappa shape index (κ2) is 6.33. The number of hydrogen-bond donors (Lipinski definition) is 3. The Morgan fingerprint density at radius 2 is 2.29 bits per heavy atom. The molecule has 2 atom stereocenters. The Morgan fingerprint density at radius 1 is 1.59 bits per heavy atom. The summed E-state index contributed by atoms with van der Waals surface area (Å²) in [5, 5.41) is 15.3. The van der Waals surface area contributed by atoms with E-state index in [4.69, 9.17) is 9.84 Å². The molecule has 1 fully saturated rings. The van der Waals surface area contributed by atoms with Crippen LogP contribution in [0.25, 0.3) is 0 Å². The van der Waals surface area contributed by atoms with Gasteiger partial charge in [0.15, 0.2) is 0 Å². The van der Waals surface area contributed by atoms with Crippen LogP contribution in [0.3, 0.4) is 0 Å². The Balaban J connectivity index is 2.66. The fourth-order valence-electron chi connectivity index (χ4n) is 2.33. The maximum atomic E-state index is 12.3. The summed E-state index contributed by atoms with van der Waals surface area (Å²) in [6, 6.07) is -0.316. The molecule has 17 heavy (non-hydrogen) atoms. The van der Waals surface area contributed by atoms with Gasteiger partial charge in [-0.05, 0) is 18.9 Å². The highest BCUT2D eigenvalue weighted by molar-refractivity contribution is 5.83. The van der Waals surface area contributed by atoms with Crippen LogP contribution in [-0.4, -0.2) is 50.5 Å². The van der Waals surface area contributed by atoms with E-state index in [-0.39, 0.29) is 29.9 Å². The molecule has 3 N–H and O–H groups in total. The minimum atomic E-state index is -0.346. The first-order valence-corrected chi connectivity index (χ1v) is 6.18. The number of aliphatic hydroxyl groups is 1. The average Bonchev–Trinajstić information content (AvgIpc) is 2.78. The smallest absolute Gasteiger partial charge is 0.228 e. The quantitative estimate of drug-likeness (QED) is 0.602. The first-order valence-electron chi connectivity index (χ1n) is 6.18. The maximum absolute atomic E-state index is 12.3. The highest BCUT2D eigenvalue weighted by atomic mass is 16.5. The summed E-state index contributed by atoms with van der Waals surface area (Å²) < 4.78 is 4.96. The summed E-state index contributed by atoms with van der Waals surface area (Å²) in [5.41, 5.74) is -0.346. The number of aliphatic hydroxyl groups excluding tert-OH is 1. The molecule has 2 unspecified atom stereocenters. The number of carbonyl (C=O) groups is 1. The van der Waals surface area contributed by atoms with Crippen LogP contribution < -0.4 is 10.6 Å². The topological polar surface area (TPSA) is 70.6 Å². The molecule has 0 bridgehead atoms. The normalized spacial score (nSPS) is 26.2. The van der Waals surface area contributed by atoms with Gasteiger partial charge in [-0.1, -0.05) is 13.8 Å². The summed E-state index contributed by atoms with van der Waals surface area (Å²) in [6.07, 6.45) is 0.849. The van der Waals surface area contributed by atoms with Crippen LogP contribution in [0.15, 0.2) is 0 Å². The lowest BCUT2D eigenvalue weighted by Crippen LogP contribution is -2.51. The van der Waals surface area contributed by atoms with Crippen LogP contribution in [0.4, 0.5) is 0 Å². The van der Waals surface area contributed by atoms with Gasteiger partial charge in [0.1, 0.15) is 0 Å². The fraction of sp³-hybridized carbons (Fsp3) is 0.917. The van der Waals surface area contributed by atoms with E-state index in [1.807, 2.05) is 0 Å². The molecular weight excluding hydrogens is 220 g/mol. The van der Waals surface area contributed by atoms with Crippen molar-refractivity contribution in [2.75, 3.05) is 33.4 Å². The van der Waals surface area contributed by atoms with Gasteiger partial charge in [0.25, 0.3) is 0 Å². The molecule has 1 rings (SSSR count). The standard InChI is InChI=1S/C12H24N2O3/c1-9(2)12(4-5-13-8-12)11(16)14-10(6-15)7-17-3/h9-10,13,15H,4-8H2,1-3H3,(H,14,16). The van der Waals surface area contributed by atoms with E-state index in [0.717, 1.165) is 13.0 Å². The zero-order valence-electron chi connectivity index (χ0n) is 11.0. The first-order chi connectivity index (χ1) is 8.06. The van der Waals surface area contributed by atoms with Gasteiger partial charge >= 0.3 is 0 Å². The number of nitrogens with one attached hydrogen (secondary N) is 2. The van der Waals surface area contributed by atoms with Gasteiger partial charge in [0.05, 0.1) is 24.7 Å². The van der Waals surface area contributed by atoms with E-state index < -0.39 is 0 Å². The number of amides is 1. The highest BCUT2D eigenvalue weighted by Crippen LogP contribution is 2.34. The van der Waals surface area contributed by atoms with E-state index in [9.17, 15) is 4.79 Å². The lowest BCUT2D eigenvalue weighted by molar-refractivity contribution is -0.134. The van der Waals surface area contributed by atoms with Crippen molar-refractivity contribution in [1.82, 2.24) is 10.6 Å². The van der Waals surface area contributed by atoms with E-state index >= 15 is 0 Å². The number of carbonyl (C=O) groups excluding carboxylic acids is 1. The van der Waals surface area contributed by atoms with Crippen molar-refractivity contribution < 1.29 is 14.6 Å². The lowest BCUT2D eigenvalue weighted by Gasteiger charge is -2.32. The molecule has 0 spiro atoms. The Kier molecular flexibility index (Phi) is 5.36. The van der Waals surface area contributed by atoms with Crippen LogP contribution >= 0.6 is 0 Å². The van der Waals surface area contributed by atoms with Crippen molar-refractivity contribution in [1.29, 1.82) is 0 Å². The van der Waals surface area contributed by atoms with Crippen LogP contribution in [0.2, 0.25) is 0 Å². The number of ether oxygens (including phenoxy) is 1. The van der Waals surface area contributed by atoms with Gasteiger partial charge in [-0.25, -0.2) is 0 Å². The van der Waals surface area contributed by atoms with Crippen molar-refractivity contribution >= 4 is 5.91 Å². The minimum absolute atomic E-state index is 0.0219. The van der Waals surface area contributed by atoms with Crippen molar-refractivity contribution in [3.63, 3.8) is 0 Å². The van der Waals surface area contributed by atoms with Crippen LogP contribution in [0.1, 0.15) is 20.3 Å². The lowest BCUT2D eigenvalue weighted by atomic mass is 9.75. The van der Waals surface area contributed by atoms with Crippen molar-refractivity contribution in [2.24, 2.45) is 11.3 Å². The number of hydrogen-bond acceptors (Lipinski definition) is 4. The molecule has 1 aliphatic heterocycles. The van der Waals surface area contributed by atoms with Crippen molar-refractivity contribution in [3.8, 4) is 0 Å². The zero-order valence-corrected chi connectivity index (χ0v) is 11.0. The Morgan fingerprint density at radius 3 is 2.71 bits per heavy atom. The molecule has 100 valence electrons. The molecule has 0 radical (unpaired) electrons. The van der Waals surface area contributed by atoms with Gasteiger partial charge in [-0.15, -0.1) is 0 Å². The summed E-state index contributed by atoms with van der Waals surface area (Å²) >= 11 is 0. The summed E-state index contributed by atoms with van der Waals surface area (Å²) in [7, 11) is 1.56. The molecule has 1 amide bonds. The fourth-order valence-corrected chi connectivity index (χ4v) is 2.33. The molecule has 1 aliphatic rings. The number of rotatable bonds is 6. The average molecular weight is 244 g/mol. The molecule has 1 heterocycles. The summed E-state index contributed by atoms with van der Waals surface area (Å²) in [4.78, 5) is 12.3. The van der Waals surface area contributed by atoms with E-state index in [1.54, 1.807) is 7.11 Å². The monoisotopic (exact) mass is 244 g/mol. The third kappa shape index (κ3) is 3.18. The predicted molar refractivity (Wildman–Crippen MR) is 65.7 cm³/mol. The SMILES string of the molecule is COCC(CO)NC(=O)C1(C(C)C)CCNC1. The molecule has 0 aromatic carbocycles. The Labute approximate surface area is 103 Å². The largest absolute Gasteiger partial charge is 0.394 e. The molecule has 0 aromatic rings. The van der Waals surface area contributed by atoms with Gasteiger partial charge in [0.2, 0.25) is 5.91 Å². The molecule has 1 saturated heterocycles. The van der Waals surface area contributed by atoms with Gasteiger partial charge in [-0.3, -0.25) is 4.79 Å². The van der Waals surface area contributed by atoms with Gasteiger partial charge in [0, 0.05) is 13.7 Å². The molecular formula is C12H24N2O3. The van der Waals surface area contributed by atoms with Gasteiger partial charge < -0.3 is 20.5 Å². The van der Waals surface area contributed by atoms with Crippen LogP contribution in [0.5, 0.6) is 0 Å². The van der Waals surface area contributed by atoms with Crippen molar-refractivity contribution in [2.45, 2.75) is 26.3 Å². The van der Waals surface area contributed by atoms with Crippen LogP contribution in [-0.2, 0) is 9.53 Å². The Hall–Kier alpha value is -0.650. The van der Waals surface area contributed by atoms with Crippen molar-refractivity contribution in [3.05, 3.63) is 0 Å². The minimum Gasteiger partial charge on any atom is -0.394 e. The third-order valence-electron chi connectivity index (χ3n) is 3.67.